The maximum atomic E-state index is 13.0. The lowest BCUT2D eigenvalue weighted by molar-refractivity contribution is -0.126. The number of benzene rings is 2. The van der Waals surface area contributed by atoms with E-state index in [-0.39, 0.29) is 23.5 Å². The molecule has 2 aromatic carbocycles. The standard InChI is InChI=1S/C18H18FNO3/c1-11(2)20-15-8-7-14(21)10-16(15)23-17(18(20)22)9-12-3-5-13(19)6-4-12/h3-8,10-11,17,21H,9H2,1-2H3. The summed E-state index contributed by atoms with van der Waals surface area (Å²) in [5.41, 5.74) is 1.47. The quantitative estimate of drug-likeness (QED) is 0.945. The molecule has 1 atom stereocenters. The number of phenolic OH excluding ortho intramolecular Hbond substituents is 1. The van der Waals surface area contributed by atoms with Gasteiger partial charge in [-0.05, 0) is 43.7 Å². The highest BCUT2D eigenvalue weighted by Gasteiger charge is 2.36. The molecule has 3 rings (SSSR count). The van der Waals surface area contributed by atoms with E-state index in [9.17, 15) is 14.3 Å². The lowest BCUT2D eigenvalue weighted by Crippen LogP contribution is -2.49. The lowest BCUT2D eigenvalue weighted by Gasteiger charge is -2.37. The van der Waals surface area contributed by atoms with Gasteiger partial charge in [0, 0.05) is 18.5 Å². The highest BCUT2D eigenvalue weighted by molar-refractivity contribution is 6.00. The largest absolute Gasteiger partial charge is 0.508 e. The highest BCUT2D eigenvalue weighted by atomic mass is 19.1. The summed E-state index contributed by atoms with van der Waals surface area (Å²) >= 11 is 0. The van der Waals surface area contributed by atoms with Gasteiger partial charge in [-0.3, -0.25) is 4.79 Å². The number of aromatic hydroxyl groups is 1. The lowest BCUT2D eigenvalue weighted by atomic mass is 10.0. The van der Waals surface area contributed by atoms with E-state index in [1.165, 1.54) is 24.3 Å². The van der Waals surface area contributed by atoms with Crippen LogP contribution in [0.15, 0.2) is 42.5 Å². The summed E-state index contributed by atoms with van der Waals surface area (Å²) in [5, 5.41) is 9.66. The minimum Gasteiger partial charge on any atom is -0.508 e. The number of ether oxygens (including phenoxy) is 1. The zero-order valence-electron chi connectivity index (χ0n) is 13.0. The fourth-order valence-corrected chi connectivity index (χ4v) is 2.77. The molecule has 0 aliphatic carbocycles. The number of nitrogens with zero attached hydrogens (tertiary/aromatic N) is 1. The van der Waals surface area contributed by atoms with Crippen LogP contribution in [0.2, 0.25) is 0 Å². The number of hydrogen-bond donors (Lipinski definition) is 1. The molecule has 1 heterocycles. The summed E-state index contributed by atoms with van der Waals surface area (Å²) in [6.45, 7) is 3.85. The maximum absolute atomic E-state index is 13.0. The molecule has 0 radical (unpaired) electrons. The van der Waals surface area contributed by atoms with Crippen LogP contribution in [-0.4, -0.2) is 23.2 Å². The van der Waals surface area contributed by atoms with Gasteiger partial charge in [0.2, 0.25) is 0 Å². The number of amides is 1. The van der Waals surface area contributed by atoms with Crippen LogP contribution in [-0.2, 0) is 11.2 Å². The first-order valence-corrected chi connectivity index (χ1v) is 7.53. The van der Waals surface area contributed by atoms with E-state index in [4.69, 9.17) is 4.74 Å². The van der Waals surface area contributed by atoms with Crippen molar-refractivity contribution >= 4 is 11.6 Å². The molecule has 1 aliphatic rings. The van der Waals surface area contributed by atoms with Gasteiger partial charge in [0.1, 0.15) is 17.3 Å². The first kappa shape index (κ1) is 15.3. The number of phenols is 1. The molecule has 5 heteroatoms. The molecule has 0 bridgehead atoms. The van der Waals surface area contributed by atoms with E-state index < -0.39 is 6.10 Å². The molecule has 0 fully saturated rings. The molecule has 23 heavy (non-hydrogen) atoms. The van der Waals surface area contributed by atoms with E-state index in [0.717, 1.165) is 5.56 Å². The normalized spacial score (nSPS) is 17.1. The average molecular weight is 315 g/mol. The highest BCUT2D eigenvalue weighted by Crippen LogP contribution is 2.38. The van der Waals surface area contributed by atoms with Crippen molar-refractivity contribution in [2.75, 3.05) is 4.90 Å². The topological polar surface area (TPSA) is 49.8 Å². The van der Waals surface area contributed by atoms with E-state index in [1.54, 1.807) is 23.1 Å². The third-order valence-corrected chi connectivity index (χ3v) is 3.84. The Hall–Kier alpha value is -2.56. The van der Waals surface area contributed by atoms with Crippen molar-refractivity contribution in [2.45, 2.75) is 32.4 Å². The molecular formula is C18H18FNO3. The van der Waals surface area contributed by atoms with E-state index in [1.807, 2.05) is 13.8 Å². The van der Waals surface area contributed by atoms with Crippen LogP contribution >= 0.6 is 0 Å². The maximum Gasteiger partial charge on any atom is 0.268 e. The minimum atomic E-state index is -0.697. The first-order valence-electron chi connectivity index (χ1n) is 7.53. The summed E-state index contributed by atoms with van der Waals surface area (Å²) in [5.74, 6) is 0.110. The van der Waals surface area contributed by atoms with Crippen LogP contribution in [0.3, 0.4) is 0 Å². The predicted molar refractivity (Wildman–Crippen MR) is 85.2 cm³/mol. The van der Waals surface area contributed by atoms with Gasteiger partial charge < -0.3 is 14.7 Å². The minimum absolute atomic E-state index is 0.0367. The number of carbonyl (C=O) groups is 1. The fourth-order valence-electron chi connectivity index (χ4n) is 2.77. The molecule has 0 saturated carbocycles. The summed E-state index contributed by atoms with van der Waals surface area (Å²) in [4.78, 5) is 14.4. The van der Waals surface area contributed by atoms with Gasteiger partial charge in [-0.15, -0.1) is 0 Å². The Labute approximate surface area is 134 Å². The second-order valence-corrected chi connectivity index (χ2v) is 5.89. The predicted octanol–water partition coefficient (Wildman–Crippen LogP) is 3.28. The van der Waals surface area contributed by atoms with E-state index in [2.05, 4.69) is 0 Å². The monoisotopic (exact) mass is 315 g/mol. The third kappa shape index (κ3) is 2.99. The van der Waals surface area contributed by atoms with Crippen molar-refractivity contribution in [1.29, 1.82) is 0 Å². The Kier molecular flexibility index (Phi) is 3.94. The molecule has 1 N–H and O–H groups in total. The molecule has 120 valence electrons. The van der Waals surface area contributed by atoms with Crippen molar-refractivity contribution in [2.24, 2.45) is 0 Å². The van der Waals surface area contributed by atoms with Crippen LogP contribution in [0.5, 0.6) is 11.5 Å². The van der Waals surface area contributed by atoms with Crippen molar-refractivity contribution in [3.05, 3.63) is 53.8 Å². The third-order valence-electron chi connectivity index (χ3n) is 3.84. The molecule has 0 spiro atoms. The first-order chi connectivity index (χ1) is 11.0. The summed E-state index contributed by atoms with van der Waals surface area (Å²) in [6, 6.07) is 10.7. The molecule has 1 aliphatic heterocycles. The summed E-state index contributed by atoms with van der Waals surface area (Å²) < 4.78 is 18.8. The second-order valence-electron chi connectivity index (χ2n) is 5.89. The zero-order valence-corrected chi connectivity index (χ0v) is 13.0. The molecular weight excluding hydrogens is 297 g/mol. The molecule has 0 aromatic heterocycles. The number of halogens is 1. The molecule has 4 nitrogen and oxygen atoms in total. The van der Waals surface area contributed by atoms with Gasteiger partial charge >= 0.3 is 0 Å². The van der Waals surface area contributed by atoms with Crippen LogP contribution < -0.4 is 9.64 Å². The average Bonchev–Trinajstić information content (AvgIpc) is 2.50. The Morgan fingerprint density at radius 1 is 1.22 bits per heavy atom. The van der Waals surface area contributed by atoms with E-state index in [0.29, 0.717) is 17.9 Å². The van der Waals surface area contributed by atoms with Crippen LogP contribution in [0.25, 0.3) is 0 Å². The van der Waals surface area contributed by atoms with Crippen molar-refractivity contribution < 1.29 is 19.0 Å². The van der Waals surface area contributed by atoms with Crippen molar-refractivity contribution in [1.82, 2.24) is 0 Å². The van der Waals surface area contributed by atoms with Gasteiger partial charge in [-0.2, -0.15) is 0 Å². The van der Waals surface area contributed by atoms with Crippen LogP contribution in [0.1, 0.15) is 19.4 Å². The molecule has 1 unspecified atom stereocenters. The number of fused-ring (bicyclic) bond motifs is 1. The SMILES string of the molecule is CC(C)N1C(=O)C(Cc2ccc(F)cc2)Oc2cc(O)ccc21. The number of rotatable bonds is 3. The number of hydrogen-bond acceptors (Lipinski definition) is 3. The van der Waals surface area contributed by atoms with Gasteiger partial charge in [-0.1, -0.05) is 12.1 Å². The van der Waals surface area contributed by atoms with Crippen molar-refractivity contribution in [3.63, 3.8) is 0 Å². The zero-order chi connectivity index (χ0) is 16.6. The Balaban J connectivity index is 1.93. The van der Waals surface area contributed by atoms with Crippen molar-refractivity contribution in [3.8, 4) is 11.5 Å². The number of anilines is 1. The smallest absolute Gasteiger partial charge is 0.268 e. The summed E-state index contributed by atoms with van der Waals surface area (Å²) in [7, 11) is 0. The summed E-state index contributed by atoms with van der Waals surface area (Å²) in [6.07, 6.45) is -0.352. The van der Waals surface area contributed by atoms with Gasteiger partial charge in [0.05, 0.1) is 5.69 Å². The molecule has 2 aromatic rings. The van der Waals surface area contributed by atoms with Crippen LogP contribution in [0, 0.1) is 5.82 Å². The number of carbonyl (C=O) groups excluding carboxylic acids is 1. The van der Waals surface area contributed by atoms with Gasteiger partial charge in [0.25, 0.3) is 5.91 Å². The van der Waals surface area contributed by atoms with Gasteiger partial charge in [0.15, 0.2) is 6.10 Å². The Bertz CT molecular complexity index is 728. The Morgan fingerprint density at radius 3 is 2.57 bits per heavy atom. The Morgan fingerprint density at radius 2 is 1.91 bits per heavy atom. The second kappa shape index (κ2) is 5.91. The van der Waals surface area contributed by atoms with Crippen LogP contribution in [0.4, 0.5) is 10.1 Å². The van der Waals surface area contributed by atoms with Gasteiger partial charge in [-0.25, -0.2) is 4.39 Å². The van der Waals surface area contributed by atoms with E-state index >= 15 is 0 Å². The molecule has 0 saturated heterocycles. The fraction of sp³-hybridized carbons (Fsp3) is 0.278. The molecule has 1 amide bonds.